The SMILES string of the molecule is O=C([C@H](CCc1ccccc1)N(Cc1ccccc1)Cc1ccccc1)n1ccnc1. The smallest absolute Gasteiger partial charge is 0.249 e. The molecule has 1 aromatic heterocycles. The number of aromatic nitrogens is 2. The minimum absolute atomic E-state index is 0.0558. The van der Waals surface area contributed by atoms with E-state index in [1.807, 2.05) is 54.6 Å². The van der Waals surface area contributed by atoms with Gasteiger partial charge in [0, 0.05) is 25.5 Å². The summed E-state index contributed by atoms with van der Waals surface area (Å²) in [6.45, 7) is 1.41. The zero-order valence-electron chi connectivity index (χ0n) is 17.5. The summed E-state index contributed by atoms with van der Waals surface area (Å²) in [6, 6.07) is 30.8. The van der Waals surface area contributed by atoms with E-state index >= 15 is 0 Å². The Bertz CT molecular complexity index is 1010. The first-order chi connectivity index (χ1) is 15.3. The van der Waals surface area contributed by atoms with E-state index in [0.29, 0.717) is 13.1 Å². The molecule has 0 N–H and O–H groups in total. The van der Waals surface area contributed by atoms with Crippen LogP contribution < -0.4 is 0 Å². The lowest BCUT2D eigenvalue weighted by atomic mass is 10.0. The fourth-order valence-electron chi connectivity index (χ4n) is 3.88. The number of nitrogens with zero attached hydrogens (tertiary/aromatic N) is 3. The van der Waals surface area contributed by atoms with Gasteiger partial charge in [0.1, 0.15) is 6.33 Å². The molecule has 0 spiro atoms. The number of imidazole rings is 1. The van der Waals surface area contributed by atoms with Gasteiger partial charge in [-0.3, -0.25) is 14.3 Å². The lowest BCUT2D eigenvalue weighted by Crippen LogP contribution is -2.43. The van der Waals surface area contributed by atoms with E-state index in [1.54, 1.807) is 23.3 Å². The Labute approximate surface area is 183 Å². The quantitative estimate of drug-likeness (QED) is 0.380. The van der Waals surface area contributed by atoms with Crippen molar-refractivity contribution in [2.24, 2.45) is 0 Å². The van der Waals surface area contributed by atoms with Crippen LogP contribution in [0.1, 0.15) is 27.9 Å². The van der Waals surface area contributed by atoms with E-state index in [9.17, 15) is 4.79 Å². The number of carbonyl (C=O) groups excluding carboxylic acids is 1. The predicted molar refractivity (Wildman–Crippen MR) is 124 cm³/mol. The molecule has 0 saturated heterocycles. The predicted octanol–water partition coefficient (Wildman–Crippen LogP) is 5.23. The Morgan fingerprint density at radius 1 is 0.774 bits per heavy atom. The summed E-state index contributed by atoms with van der Waals surface area (Å²) in [5.41, 5.74) is 3.63. The van der Waals surface area contributed by atoms with Crippen LogP contribution in [0.4, 0.5) is 0 Å². The highest BCUT2D eigenvalue weighted by atomic mass is 16.2. The molecule has 0 aliphatic rings. The van der Waals surface area contributed by atoms with Crippen LogP contribution >= 0.6 is 0 Å². The highest BCUT2D eigenvalue weighted by molar-refractivity contribution is 5.84. The molecule has 1 atom stereocenters. The minimum atomic E-state index is -0.269. The van der Waals surface area contributed by atoms with E-state index in [2.05, 4.69) is 46.3 Å². The molecule has 4 rings (SSSR count). The molecule has 0 unspecified atom stereocenters. The third-order valence-corrected chi connectivity index (χ3v) is 5.49. The van der Waals surface area contributed by atoms with Gasteiger partial charge >= 0.3 is 0 Å². The van der Waals surface area contributed by atoms with Crippen molar-refractivity contribution in [1.82, 2.24) is 14.5 Å². The van der Waals surface area contributed by atoms with Gasteiger partial charge in [0.05, 0.1) is 6.04 Å². The van der Waals surface area contributed by atoms with Gasteiger partial charge in [0.2, 0.25) is 5.91 Å². The second kappa shape index (κ2) is 10.5. The summed E-state index contributed by atoms with van der Waals surface area (Å²) in [5, 5.41) is 0. The second-order valence-corrected chi connectivity index (χ2v) is 7.72. The number of hydrogen-bond donors (Lipinski definition) is 0. The molecule has 1 heterocycles. The van der Waals surface area contributed by atoms with Gasteiger partial charge in [-0.15, -0.1) is 0 Å². The maximum absolute atomic E-state index is 13.5. The van der Waals surface area contributed by atoms with Gasteiger partial charge in [-0.1, -0.05) is 91.0 Å². The largest absolute Gasteiger partial charge is 0.283 e. The van der Waals surface area contributed by atoms with Crippen molar-refractivity contribution >= 4 is 5.91 Å². The summed E-state index contributed by atoms with van der Waals surface area (Å²) in [4.78, 5) is 19.9. The Hall–Kier alpha value is -3.50. The average molecular weight is 410 g/mol. The van der Waals surface area contributed by atoms with Crippen LogP contribution in [-0.4, -0.2) is 26.4 Å². The lowest BCUT2D eigenvalue weighted by molar-refractivity contribution is 0.0688. The number of hydrogen-bond acceptors (Lipinski definition) is 3. The average Bonchev–Trinajstić information content (AvgIpc) is 3.36. The molecule has 0 radical (unpaired) electrons. The Kier molecular flexibility index (Phi) is 7.04. The highest BCUT2D eigenvalue weighted by Gasteiger charge is 2.27. The topological polar surface area (TPSA) is 38.1 Å². The molecule has 0 aliphatic carbocycles. The Morgan fingerprint density at radius 3 is 1.77 bits per heavy atom. The monoisotopic (exact) mass is 409 g/mol. The summed E-state index contributed by atoms with van der Waals surface area (Å²) in [7, 11) is 0. The van der Waals surface area contributed by atoms with E-state index in [0.717, 1.165) is 12.8 Å². The fourth-order valence-corrected chi connectivity index (χ4v) is 3.88. The molecule has 4 aromatic rings. The van der Waals surface area contributed by atoms with Crippen LogP contribution in [0.2, 0.25) is 0 Å². The van der Waals surface area contributed by atoms with E-state index in [4.69, 9.17) is 0 Å². The second-order valence-electron chi connectivity index (χ2n) is 7.72. The zero-order valence-corrected chi connectivity index (χ0v) is 17.5. The van der Waals surface area contributed by atoms with E-state index < -0.39 is 0 Å². The molecular formula is C27H27N3O. The molecule has 0 bridgehead atoms. The van der Waals surface area contributed by atoms with Crippen LogP contribution in [0.15, 0.2) is 110 Å². The molecule has 0 saturated carbocycles. The maximum atomic E-state index is 13.5. The van der Waals surface area contributed by atoms with E-state index in [-0.39, 0.29) is 11.9 Å². The van der Waals surface area contributed by atoms with Crippen molar-refractivity contribution in [3.63, 3.8) is 0 Å². The molecule has 31 heavy (non-hydrogen) atoms. The van der Waals surface area contributed by atoms with Crippen LogP contribution in [0.25, 0.3) is 0 Å². The van der Waals surface area contributed by atoms with Gasteiger partial charge in [-0.05, 0) is 29.5 Å². The Morgan fingerprint density at radius 2 is 1.29 bits per heavy atom. The fraction of sp³-hybridized carbons (Fsp3) is 0.185. The summed E-state index contributed by atoms with van der Waals surface area (Å²) in [5.74, 6) is 0.0558. The van der Waals surface area contributed by atoms with E-state index in [1.165, 1.54) is 16.7 Å². The van der Waals surface area contributed by atoms with Crippen molar-refractivity contribution in [1.29, 1.82) is 0 Å². The highest BCUT2D eigenvalue weighted by Crippen LogP contribution is 2.19. The summed E-state index contributed by atoms with van der Waals surface area (Å²) in [6.07, 6.45) is 6.57. The third kappa shape index (κ3) is 5.77. The van der Waals surface area contributed by atoms with Gasteiger partial charge in [0.25, 0.3) is 0 Å². The van der Waals surface area contributed by atoms with Crippen molar-refractivity contribution in [3.05, 3.63) is 126 Å². The molecule has 0 fully saturated rings. The van der Waals surface area contributed by atoms with Gasteiger partial charge < -0.3 is 0 Å². The molecule has 4 nitrogen and oxygen atoms in total. The van der Waals surface area contributed by atoms with Crippen molar-refractivity contribution in [2.75, 3.05) is 0 Å². The standard InChI is InChI=1S/C27H27N3O/c31-27(29-19-18-28-22-29)26(17-16-23-10-4-1-5-11-23)30(20-24-12-6-2-7-13-24)21-25-14-8-3-9-15-25/h1-15,18-19,22,26H,16-17,20-21H2/t26-/m0/s1. The Balaban J connectivity index is 1.63. The minimum Gasteiger partial charge on any atom is -0.283 e. The van der Waals surface area contributed by atoms with Crippen molar-refractivity contribution in [3.8, 4) is 0 Å². The van der Waals surface area contributed by atoms with Gasteiger partial charge in [-0.2, -0.15) is 0 Å². The van der Waals surface area contributed by atoms with Crippen molar-refractivity contribution < 1.29 is 4.79 Å². The van der Waals surface area contributed by atoms with Gasteiger partial charge in [0.15, 0.2) is 0 Å². The first kappa shape index (κ1) is 20.8. The molecule has 3 aromatic carbocycles. The normalized spacial score (nSPS) is 12.0. The first-order valence-corrected chi connectivity index (χ1v) is 10.7. The number of carbonyl (C=O) groups is 1. The molecule has 0 aliphatic heterocycles. The summed E-state index contributed by atoms with van der Waals surface area (Å²) >= 11 is 0. The molecule has 156 valence electrons. The van der Waals surface area contributed by atoms with Crippen LogP contribution in [0.3, 0.4) is 0 Å². The first-order valence-electron chi connectivity index (χ1n) is 10.7. The molecular weight excluding hydrogens is 382 g/mol. The maximum Gasteiger partial charge on any atom is 0.249 e. The number of benzene rings is 3. The van der Waals surface area contributed by atoms with Gasteiger partial charge in [-0.25, -0.2) is 4.98 Å². The molecule has 4 heteroatoms. The van der Waals surface area contributed by atoms with Crippen molar-refractivity contribution in [2.45, 2.75) is 32.0 Å². The van der Waals surface area contributed by atoms with Crippen LogP contribution in [0, 0.1) is 0 Å². The third-order valence-electron chi connectivity index (χ3n) is 5.49. The van der Waals surface area contributed by atoms with Crippen LogP contribution in [-0.2, 0) is 19.5 Å². The number of rotatable bonds is 9. The summed E-state index contributed by atoms with van der Waals surface area (Å²) < 4.78 is 1.61. The molecule has 0 amide bonds. The lowest BCUT2D eigenvalue weighted by Gasteiger charge is -2.31. The van der Waals surface area contributed by atoms with Crippen LogP contribution in [0.5, 0.6) is 0 Å². The zero-order chi connectivity index (χ0) is 21.3. The number of aryl methyl sites for hydroxylation is 1.